The molecule has 0 spiro atoms. The third-order valence-electron chi connectivity index (χ3n) is 5.63. The van der Waals surface area contributed by atoms with E-state index in [-0.39, 0.29) is 11.7 Å². The number of carbonyl (C=O) groups is 2. The Balaban J connectivity index is 0.000000673. The van der Waals surface area contributed by atoms with Crippen molar-refractivity contribution in [2.24, 2.45) is 5.92 Å². The first-order valence-electron chi connectivity index (χ1n) is 11.8. The standard InChI is InChI=1S/C22H28F3N5O2.C2HF3O2/c1-14-27-19(12-20(28-14)30(2)3)29-17-8-4-15(5-9-17)13-26-21(31)16-6-10-18(11-7-16)32-22(23,24)25;3-2(4,5)1(6)7/h6-7,10-12,15,17H,4-5,8-9,13H2,1-3H3,(H,26,31)(H,27,28,29);(H,6,7). The van der Waals surface area contributed by atoms with E-state index in [1.807, 2.05) is 32.0 Å². The van der Waals surface area contributed by atoms with Gasteiger partial charge < -0.3 is 25.4 Å². The number of aliphatic carboxylic acids is 1. The Labute approximate surface area is 220 Å². The molecule has 1 fully saturated rings. The number of rotatable bonds is 7. The molecule has 2 aromatic rings. The summed E-state index contributed by atoms with van der Waals surface area (Å²) in [5.74, 6) is -0.673. The topological polar surface area (TPSA) is 117 Å². The van der Waals surface area contributed by atoms with Crippen LogP contribution in [-0.4, -0.2) is 66.2 Å². The average molecular weight is 566 g/mol. The van der Waals surface area contributed by atoms with Crippen LogP contribution >= 0.6 is 0 Å². The summed E-state index contributed by atoms with van der Waals surface area (Å²) in [5, 5.41) is 13.5. The van der Waals surface area contributed by atoms with Crippen LogP contribution in [0.2, 0.25) is 0 Å². The molecule has 15 heteroatoms. The van der Waals surface area contributed by atoms with Gasteiger partial charge >= 0.3 is 18.5 Å². The Bertz CT molecular complexity index is 1100. The first-order chi connectivity index (χ1) is 18.0. The van der Waals surface area contributed by atoms with Crippen LogP contribution in [0.1, 0.15) is 41.9 Å². The Morgan fingerprint density at radius 1 is 1.03 bits per heavy atom. The number of halogens is 6. The van der Waals surface area contributed by atoms with E-state index >= 15 is 0 Å². The van der Waals surface area contributed by atoms with Gasteiger partial charge in [0.05, 0.1) is 0 Å². The molecule has 0 saturated heterocycles. The zero-order chi connectivity index (χ0) is 29.4. The van der Waals surface area contributed by atoms with Gasteiger partial charge in [0.2, 0.25) is 0 Å². The maximum absolute atomic E-state index is 12.3. The van der Waals surface area contributed by atoms with E-state index in [9.17, 15) is 31.1 Å². The van der Waals surface area contributed by atoms with Crippen molar-refractivity contribution in [3.8, 4) is 5.75 Å². The Morgan fingerprint density at radius 3 is 2.08 bits per heavy atom. The summed E-state index contributed by atoms with van der Waals surface area (Å²) < 4.78 is 72.2. The molecule has 9 nitrogen and oxygen atoms in total. The molecule has 1 heterocycles. The lowest BCUT2D eigenvalue weighted by molar-refractivity contribution is -0.274. The van der Waals surface area contributed by atoms with Gasteiger partial charge in [-0.25, -0.2) is 14.8 Å². The molecular weight excluding hydrogens is 536 g/mol. The third-order valence-corrected chi connectivity index (χ3v) is 5.63. The molecule has 0 atom stereocenters. The maximum atomic E-state index is 12.3. The van der Waals surface area contributed by atoms with Crippen LogP contribution in [-0.2, 0) is 4.79 Å². The van der Waals surface area contributed by atoms with E-state index in [0.717, 1.165) is 49.5 Å². The second kappa shape index (κ2) is 13.3. The van der Waals surface area contributed by atoms with Crippen LogP contribution in [0, 0.1) is 12.8 Å². The van der Waals surface area contributed by atoms with E-state index in [1.165, 1.54) is 12.1 Å². The smallest absolute Gasteiger partial charge is 0.475 e. The number of anilines is 2. The van der Waals surface area contributed by atoms with Crippen molar-refractivity contribution in [3.63, 3.8) is 0 Å². The first kappa shape index (κ1) is 31.4. The average Bonchev–Trinajstić information content (AvgIpc) is 2.82. The van der Waals surface area contributed by atoms with Crippen LogP contribution in [0.15, 0.2) is 30.3 Å². The normalized spacial score (nSPS) is 17.4. The predicted octanol–water partition coefficient (Wildman–Crippen LogP) is 4.78. The molecule has 216 valence electrons. The monoisotopic (exact) mass is 565 g/mol. The molecule has 1 aliphatic carbocycles. The molecule has 1 aliphatic rings. The van der Waals surface area contributed by atoms with E-state index in [2.05, 4.69) is 25.3 Å². The summed E-state index contributed by atoms with van der Waals surface area (Å²) in [6.45, 7) is 2.40. The fraction of sp³-hybridized carbons (Fsp3) is 0.500. The molecular formula is C24H29F6N5O4. The number of carboxylic acids is 1. The minimum Gasteiger partial charge on any atom is -0.475 e. The fourth-order valence-corrected chi connectivity index (χ4v) is 3.72. The van der Waals surface area contributed by atoms with E-state index in [1.54, 1.807) is 0 Å². The van der Waals surface area contributed by atoms with Crippen LogP contribution in [0.4, 0.5) is 38.0 Å². The van der Waals surface area contributed by atoms with E-state index in [0.29, 0.717) is 29.9 Å². The second-order valence-electron chi connectivity index (χ2n) is 9.00. The highest BCUT2D eigenvalue weighted by Crippen LogP contribution is 2.27. The van der Waals surface area contributed by atoms with Crippen molar-refractivity contribution < 1.29 is 45.8 Å². The largest absolute Gasteiger partial charge is 0.573 e. The third kappa shape index (κ3) is 11.2. The van der Waals surface area contributed by atoms with Gasteiger partial charge in [0.1, 0.15) is 23.2 Å². The zero-order valence-electron chi connectivity index (χ0n) is 21.4. The van der Waals surface area contributed by atoms with Crippen LogP contribution in [0.5, 0.6) is 5.75 Å². The number of ether oxygens (including phenoxy) is 1. The molecule has 0 aliphatic heterocycles. The maximum Gasteiger partial charge on any atom is 0.573 e. The number of hydrogen-bond acceptors (Lipinski definition) is 7. The van der Waals surface area contributed by atoms with Gasteiger partial charge in [-0.3, -0.25) is 4.79 Å². The summed E-state index contributed by atoms with van der Waals surface area (Å²) in [4.78, 5) is 32.0. The highest BCUT2D eigenvalue weighted by atomic mass is 19.4. The van der Waals surface area contributed by atoms with Gasteiger partial charge in [0.15, 0.2) is 0 Å². The van der Waals surface area contributed by atoms with E-state index < -0.39 is 18.5 Å². The van der Waals surface area contributed by atoms with Gasteiger partial charge in [-0.05, 0) is 62.8 Å². The minimum absolute atomic E-state index is 0.297. The number of benzene rings is 1. The van der Waals surface area contributed by atoms with Crippen molar-refractivity contribution in [1.82, 2.24) is 15.3 Å². The number of nitrogens with zero attached hydrogens (tertiary/aromatic N) is 3. The molecule has 0 radical (unpaired) electrons. The quantitative estimate of drug-likeness (QED) is 0.411. The van der Waals surface area contributed by atoms with Gasteiger partial charge in [0, 0.05) is 38.3 Å². The Hall–Kier alpha value is -3.78. The van der Waals surface area contributed by atoms with Crippen molar-refractivity contribution in [2.45, 2.75) is 51.2 Å². The van der Waals surface area contributed by atoms with Crippen molar-refractivity contribution >= 4 is 23.5 Å². The summed E-state index contributed by atoms with van der Waals surface area (Å²) in [6.07, 6.45) is -5.99. The van der Waals surface area contributed by atoms with Gasteiger partial charge in [0.25, 0.3) is 5.91 Å². The number of aromatic nitrogens is 2. The Morgan fingerprint density at radius 2 is 1.59 bits per heavy atom. The molecule has 1 saturated carbocycles. The van der Waals surface area contributed by atoms with Gasteiger partial charge in [-0.2, -0.15) is 13.2 Å². The predicted molar refractivity (Wildman–Crippen MR) is 130 cm³/mol. The summed E-state index contributed by atoms with van der Waals surface area (Å²) in [7, 11) is 3.88. The van der Waals surface area contributed by atoms with E-state index in [4.69, 9.17) is 9.90 Å². The van der Waals surface area contributed by atoms with Crippen molar-refractivity contribution in [2.75, 3.05) is 30.9 Å². The number of hydrogen-bond donors (Lipinski definition) is 3. The Kier molecular flexibility index (Phi) is 10.7. The van der Waals surface area contributed by atoms with Gasteiger partial charge in [-0.15, -0.1) is 13.2 Å². The first-order valence-corrected chi connectivity index (χ1v) is 11.8. The number of carboxylic acid groups (broad SMARTS) is 1. The minimum atomic E-state index is -5.08. The highest BCUT2D eigenvalue weighted by molar-refractivity contribution is 5.94. The number of aryl methyl sites for hydroxylation is 1. The van der Waals surface area contributed by atoms with Crippen molar-refractivity contribution in [1.29, 1.82) is 0 Å². The summed E-state index contributed by atoms with van der Waals surface area (Å²) in [6, 6.07) is 7.16. The zero-order valence-corrected chi connectivity index (χ0v) is 21.4. The number of amides is 1. The fourth-order valence-electron chi connectivity index (χ4n) is 3.72. The molecule has 3 N–H and O–H groups in total. The molecule has 3 rings (SSSR count). The molecule has 1 aromatic heterocycles. The molecule has 1 amide bonds. The van der Waals surface area contributed by atoms with Crippen LogP contribution < -0.4 is 20.3 Å². The lowest BCUT2D eigenvalue weighted by Crippen LogP contribution is -2.34. The molecule has 1 aromatic carbocycles. The van der Waals surface area contributed by atoms with Gasteiger partial charge in [-0.1, -0.05) is 0 Å². The molecule has 0 bridgehead atoms. The number of nitrogens with one attached hydrogen (secondary N) is 2. The highest BCUT2D eigenvalue weighted by Gasteiger charge is 2.38. The van der Waals surface area contributed by atoms with Crippen LogP contribution in [0.25, 0.3) is 0 Å². The number of carbonyl (C=O) groups excluding carboxylic acids is 1. The summed E-state index contributed by atoms with van der Waals surface area (Å²) in [5.41, 5.74) is 0.297. The lowest BCUT2D eigenvalue weighted by Gasteiger charge is -2.29. The summed E-state index contributed by atoms with van der Waals surface area (Å²) >= 11 is 0. The molecule has 39 heavy (non-hydrogen) atoms. The lowest BCUT2D eigenvalue weighted by atomic mass is 9.86. The molecule has 0 unspecified atom stereocenters. The second-order valence-corrected chi connectivity index (χ2v) is 9.00. The number of alkyl halides is 6. The van der Waals surface area contributed by atoms with Crippen molar-refractivity contribution in [3.05, 3.63) is 41.7 Å². The SMILES string of the molecule is Cc1nc(NC2CCC(CNC(=O)c3ccc(OC(F)(F)F)cc3)CC2)cc(N(C)C)n1.O=C(O)C(F)(F)F. The van der Waals surface area contributed by atoms with Crippen LogP contribution in [0.3, 0.4) is 0 Å².